The van der Waals surface area contributed by atoms with Crippen LogP contribution in [0.3, 0.4) is 0 Å². The Morgan fingerprint density at radius 1 is 1.21 bits per heavy atom. The van der Waals surface area contributed by atoms with Crippen LogP contribution in [-0.4, -0.2) is 54.2 Å². The van der Waals surface area contributed by atoms with Gasteiger partial charge in [-0.2, -0.15) is 11.3 Å². The molecule has 4 atom stereocenters. The van der Waals surface area contributed by atoms with Crippen LogP contribution in [0.25, 0.3) is 0 Å². The number of thiophene rings is 1. The molecule has 1 aromatic heterocycles. The summed E-state index contributed by atoms with van der Waals surface area (Å²) in [5.41, 5.74) is 1.14. The molecule has 4 unspecified atom stereocenters. The summed E-state index contributed by atoms with van der Waals surface area (Å²) >= 11 is 1.62. The standard InChI is InChI=1S/C22H31N3O3S/c1-14(2)11-18(25-21(27)16-7-5-6-8-17(16)22(25)28)20(26)23-12-19(24(3)4)15-9-10-29-13-15/h5-6,9-10,13-14,16-19H,7-8,11-12H2,1-4H3,(H,23,26). The van der Waals surface area contributed by atoms with Gasteiger partial charge in [-0.15, -0.1) is 0 Å². The number of hydrogen-bond acceptors (Lipinski definition) is 5. The van der Waals surface area contributed by atoms with E-state index in [2.05, 4.69) is 21.7 Å². The third-order valence-corrected chi connectivity index (χ3v) is 6.57. The number of fused-ring (bicyclic) bond motifs is 1. The lowest BCUT2D eigenvalue weighted by Gasteiger charge is -2.29. The number of carbonyl (C=O) groups excluding carboxylic acids is 3. The van der Waals surface area contributed by atoms with Gasteiger partial charge >= 0.3 is 0 Å². The molecule has 7 heteroatoms. The lowest BCUT2D eigenvalue weighted by molar-refractivity contribution is -0.148. The van der Waals surface area contributed by atoms with E-state index in [9.17, 15) is 14.4 Å². The predicted molar refractivity (Wildman–Crippen MR) is 114 cm³/mol. The van der Waals surface area contributed by atoms with E-state index in [1.807, 2.05) is 45.5 Å². The molecule has 3 amide bonds. The van der Waals surface area contributed by atoms with Crippen molar-refractivity contribution in [3.63, 3.8) is 0 Å². The second kappa shape index (κ2) is 9.22. The van der Waals surface area contributed by atoms with E-state index in [4.69, 9.17) is 0 Å². The van der Waals surface area contributed by atoms with Gasteiger partial charge in [0.2, 0.25) is 17.7 Å². The Balaban J connectivity index is 1.75. The maximum Gasteiger partial charge on any atom is 0.243 e. The zero-order chi connectivity index (χ0) is 21.1. The molecule has 1 N–H and O–H groups in total. The lowest BCUT2D eigenvalue weighted by Crippen LogP contribution is -2.51. The van der Waals surface area contributed by atoms with Crippen molar-refractivity contribution in [2.75, 3.05) is 20.6 Å². The Bertz CT molecular complexity index is 746. The van der Waals surface area contributed by atoms with E-state index in [-0.39, 0.29) is 41.5 Å². The molecule has 1 fully saturated rings. The van der Waals surface area contributed by atoms with E-state index >= 15 is 0 Å². The molecular weight excluding hydrogens is 386 g/mol. The summed E-state index contributed by atoms with van der Waals surface area (Å²) in [6.45, 7) is 4.45. The molecule has 29 heavy (non-hydrogen) atoms. The second-order valence-electron chi connectivity index (χ2n) is 8.63. The molecular formula is C22H31N3O3S. The first kappa shape index (κ1) is 21.7. The second-order valence-corrected chi connectivity index (χ2v) is 9.41. The van der Waals surface area contributed by atoms with Crippen LogP contribution in [0.2, 0.25) is 0 Å². The van der Waals surface area contributed by atoms with Crippen LogP contribution < -0.4 is 5.32 Å². The minimum absolute atomic E-state index is 0.0432. The van der Waals surface area contributed by atoms with Crippen LogP contribution >= 0.6 is 11.3 Å². The van der Waals surface area contributed by atoms with Gasteiger partial charge in [0.15, 0.2) is 0 Å². The fraction of sp³-hybridized carbons (Fsp3) is 0.591. The van der Waals surface area contributed by atoms with Crippen LogP contribution in [0.1, 0.15) is 44.7 Å². The van der Waals surface area contributed by atoms with Gasteiger partial charge in [-0.05, 0) is 61.7 Å². The Kier molecular flexibility index (Phi) is 6.90. The Morgan fingerprint density at radius 3 is 2.31 bits per heavy atom. The van der Waals surface area contributed by atoms with Gasteiger partial charge in [0.25, 0.3) is 0 Å². The van der Waals surface area contributed by atoms with Crippen molar-refractivity contribution < 1.29 is 14.4 Å². The van der Waals surface area contributed by atoms with Gasteiger partial charge in [-0.3, -0.25) is 19.3 Å². The van der Waals surface area contributed by atoms with Crippen LogP contribution in [0.5, 0.6) is 0 Å². The molecule has 0 aromatic carbocycles. The molecule has 1 aliphatic carbocycles. The van der Waals surface area contributed by atoms with Crippen molar-refractivity contribution in [2.45, 2.75) is 45.2 Å². The molecule has 1 saturated heterocycles. The van der Waals surface area contributed by atoms with Crippen molar-refractivity contribution in [1.82, 2.24) is 15.1 Å². The van der Waals surface area contributed by atoms with Gasteiger partial charge in [-0.1, -0.05) is 26.0 Å². The predicted octanol–water partition coefficient (Wildman–Crippen LogP) is 2.83. The summed E-state index contributed by atoms with van der Waals surface area (Å²) in [6, 6.07) is 1.35. The topological polar surface area (TPSA) is 69.7 Å². The van der Waals surface area contributed by atoms with E-state index in [1.54, 1.807) is 11.3 Å². The number of nitrogens with zero attached hydrogens (tertiary/aromatic N) is 2. The van der Waals surface area contributed by atoms with Gasteiger partial charge < -0.3 is 10.2 Å². The molecule has 158 valence electrons. The molecule has 0 bridgehead atoms. The first-order valence-corrected chi connectivity index (χ1v) is 11.2. The summed E-state index contributed by atoms with van der Waals surface area (Å²) in [5.74, 6) is -1.05. The fourth-order valence-corrected chi connectivity index (χ4v) is 4.99. The lowest BCUT2D eigenvalue weighted by atomic mass is 9.85. The normalized spacial score (nSPS) is 23.6. The summed E-state index contributed by atoms with van der Waals surface area (Å²) in [4.78, 5) is 42.5. The minimum Gasteiger partial charge on any atom is -0.352 e. The molecule has 3 rings (SSSR count). The Morgan fingerprint density at radius 2 is 1.83 bits per heavy atom. The Hall–Kier alpha value is -1.99. The number of imide groups is 1. The molecule has 6 nitrogen and oxygen atoms in total. The fourth-order valence-electron chi connectivity index (χ4n) is 4.29. The molecule has 0 spiro atoms. The highest BCUT2D eigenvalue weighted by atomic mass is 32.1. The number of carbonyl (C=O) groups is 3. The number of allylic oxidation sites excluding steroid dienone is 2. The Labute approximate surface area is 176 Å². The maximum atomic E-state index is 13.2. The molecule has 2 aliphatic rings. The molecule has 0 radical (unpaired) electrons. The van der Waals surface area contributed by atoms with Crippen molar-refractivity contribution >= 4 is 29.1 Å². The number of nitrogens with one attached hydrogen (secondary N) is 1. The maximum absolute atomic E-state index is 13.2. The zero-order valence-corrected chi connectivity index (χ0v) is 18.4. The monoisotopic (exact) mass is 417 g/mol. The highest BCUT2D eigenvalue weighted by Crippen LogP contribution is 2.37. The van der Waals surface area contributed by atoms with Gasteiger partial charge in [-0.25, -0.2) is 0 Å². The highest BCUT2D eigenvalue weighted by molar-refractivity contribution is 7.07. The van der Waals surface area contributed by atoms with E-state index in [0.29, 0.717) is 25.8 Å². The largest absolute Gasteiger partial charge is 0.352 e. The third-order valence-electron chi connectivity index (χ3n) is 5.87. The average molecular weight is 418 g/mol. The summed E-state index contributed by atoms with van der Waals surface area (Å²) in [6.07, 6.45) is 5.58. The molecule has 1 aromatic rings. The minimum atomic E-state index is -0.745. The van der Waals surface area contributed by atoms with Crippen molar-refractivity contribution in [1.29, 1.82) is 0 Å². The number of likely N-dealkylation sites (tertiary alicyclic amines) is 1. The van der Waals surface area contributed by atoms with Crippen molar-refractivity contribution in [2.24, 2.45) is 17.8 Å². The van der Waals surface area contributed by atoms with Gasteiger partial charge in [0.05, 0.1) is 17.9 Å². The quantitative estimate of drug-likeness (QED) is 0.522. The summed E-state index contributed by atoms with van der Waals surface area (Å²) < 4.78 is 0. The van der Waals surface area contributed by atoms with Crippen LogP contribution in [-0.2, 0) is 14.4 Å². The van der Waals surface area contributed by atoms with Gasteiger partial charge in [0, 0.05) is 6.54 Å². The molecule has 0 saturated carbocycles. The molecule has 2 heterocycles. The zero-order valence-electron chi connectivity index (χ0n) is 17.6. The highest BCUT2D eigenvalue weighted by Gasteiger charge is 2.51. The van der Waals surface area contributed by atoms with Crippen LogP contribution in [0.4, 0.5) is 0 Å². The number of rotatable bonds is 8. The third kappa shape index (κ3) is 4.61. The van der Waals surface area contributed by atoms with E-state index in [0.717, 1.165) is 5.56 Å². The smallest absolute Gasteiger partial charge is 0.243 e. The molecule has 1 aliphatic heterocycles. The average Bonchev–Trinajstić information content (AvgIpc) is 3.28. The van der Waals surface area contributed by atoms with E-state index in [1.165, 1.54) is 4.90 Å². The number of likely N-dealkylation sites (N-methyl/N-ethyl adjacent to an activating group) is 1. The van der Waals surface area contributed by atoms with Crippen molar-refractivity contribution in [3.8, 4) is 0 Å². The summed E-state index contributed by atoms with van der Waals surface area (Å²) in [5, 5.41) is 7.12. The van der Waals surface area contributed by atoms with Crippen molar-refractivity contribution in [3.05, 3.63) is 34.5 Å². The first-order valence-electron chi connectivity index (χ1n) is 10.3. The number of hydrogen-bond donors (Lipinski definition) is 1. The van der Waals surface area contributed by atoms with Gasteiger partial charge in [0.1, 0.15) is 6.04 Å². The van der Waals surface area contributed by atoms with E-state index < -0.39 is 6.04 Å². The summed E-state index contributed by atoms with van der Waals surface area (Å²) in [7, 11) is 3.95. The number of amides is 3. The van der Waals surface area contributed by atoms with Crippen LogP contribution in [0.15, 0.2) is 29.0 Å². The SMILES string of the molecule is CC(C)CC(C(=O)NCC(c1ccsc1)N(C)C)N1C(=O)C2CC=CCC2C1=O. The first-order chi connectivity index (χ1) is 13.8. The van der Waals surface area contributed by atoms with Crippen LogP contribution in [0, 0.1) is 17.8 Å².